The number of epoxide rings is 2. The Hall–Kier alpha value is -1.88. The van der Waals surface area contributed by atoms with Crippen LogP contribution in [0.2, 0.25) is 0 Å². The molecule has 0 aromatic rings. The molecule has 2 amide bonds. The summed E-state index contributed by atoms with van der Waals surface area (Å²) >= 11 is 0. The molecule has 6 atom stereocenters. The number of ether oxygens (including phenoxy) is 5. The zero-order valence-electron chi connectivity index (χ0n) is 24.0. The van der Waals surface area contributed by atoms with E-state index in [2.05, 4.69) is 50.9 Å². The Bertz CT molecular complexity index is 865. The van der Waals surface area contributed by atoms with Crippen LogP contribution in [-0.4, -0.2) is 111 Å². The molecule has 3 heterocycles. The second-order valence-corrected chi connectivity index (χ2v) is 11.6. The van der Waals surface area contributed by atoms with E-state index in [9.17, 15) is 9.59 Å². The molecule has 0 aromatic carbocycles. The van der Waals surface area contributed by atoms with Crippen molar-refractivity contribution in [1.29, 1.82) is 0 Å². The molecule has 1 saturated carbocycles. The van der Waals surface area contributed by atoms with Gasteiger partial charge in [0.15, 0.2) is 0 Å². The van der Waals surface area contributed by atoms with Crippen molar-refractivity contribution < 1.29 is 33.3 Å². The summed E-state index contributed by atoms with van der Waals surface area (Å²) in [4.78, 5) is 28.8. The summed E-state index contributed by atoms with van der Waals surface area (Å²) in [5, 5.41) is 2.79. The first-order chi connectivity index (χ1) is 18.2. The van der Waals surface area contributed by atoms with Gasteiger partial charge in [-0.25, -0.2) is 9.59 Å². The summed E-state index contributed by atoms with van der Waals surface area (Å²) in [7, 11) is 1.68. The molecular formula is C28H47N3O7. The molecular weight excluding hydrogens is 490 g/mol. The summed E-state index contributed by atoms with van der Waals surface area (Å²) in [6.07, 6.45) is 3.29. The van der Waals surface area contributed by atoms with Gasteiger partial charge in [-0.05, 0) is 53.1 Å². The van der Waals surface area contributed by atoms with Gasteiger partial charge in [-0.15, -0.1) is 0 Å². The maximum absolute atomic E-state index is 12.9. The van der Waals surface area contributed by atoms with Crippen LogP contribution in [0.3, 0.4) is 0 Å². The SMILES string of the molecule is CCN(CC)CCNC(=O)OCC1CN(C(=O)O[C@@H]2CC[C@]3(CO3)[C@@H]([C@@]3(C)O[C@@H]3CC=C(C)C)[C@@H]2OC)C1. The molecule has 3 aliphatic heterocycles. The van der Waals surface area contributed by atoms with Crippen LogP contribution in [0.4, 0.5) is 9.59 Å². The smallest absolute Gasteiger partial charge is 0.410 e. The fourth-order valence-corrected chi connectivity index (χ4v) is 6.20. The number of hydrogen-bond acceptors (Lipinski definition) is 8. The molecule has 10 heteroatoms. The Morgan fingerprint density at radius 1 is 1.21 bits per heavy atom. The average molecular weight is 538 g/mol. The summed E-state index contributed by atoms with van der Waals surface area (Å²) in [5.74, 6) is 0.117. The number of likely N-dealkylation sites (N-methyl/N-ethyl adjacent to an activating group) is 1. The van der Waals surface area contributed by atoms with Gasteiger partial charge in [-0.2, -0.15) is 0 Å². The fraction of sp³-hybridized carbons (Fsp3) is 0.857. The van der Waals surface area contributed by atoms with E-state index in [1.807, 2.05) is 0 Å². The van der Waals surface area contributed by atoms with E-state index in [1.54, 1.807) is 12.0 Å². The first kappa shape index (κ1) is 29.1. The van der Waals surface area contributed by atoms with E-state index in [0.717, 1.165) is 32.5 Å². The van der Waals surface area contributed by atoms with E-state index in [-0.39, 0.29) is 54.0 Å². The van der Waals surface area contributed by atoms with E-state index < -0.39 is 6.09 Å². The Morgan fingerprint density at radius 2 is 1.92 bits per heavy atom. The predicted octanol–water partition coefficient (Wildman–Crippen LogP) is 3.20. The highest BCUT2D eigenvalue weighted by molar-refractivity contribution is 5.69. The third kappa shape index (κ3) is 6.46. The molecule has 4 rings (SSSR count). The number of methoxy groups -OCH3 is 1. The third-order valence-electron chi connectivity index (χ3n) is 8.75. The minimum Gasteiger partial charge on any atom is -0.449 e. The molecule has 1 spiro atoms. The Labute approximate surface area is 227 Å². The number of alkyl carbamates (subject to hydrolysis) is 1. The van der Waals surface area contributed by atoms with Crippen molar-refractivity contribution in [2.24, 2.45) is 11.8 Å². The Morgan fingerprint density at radius 3 is 2.53 bits per heavy atom. The van der Waals surface area contributed by atoms with Crippen molar-refractivity contribution >= 4 is 12.2 Å². The number of nitrogens with zero attached hydrogens (tertiary/aromatic N) is 2. The third-order valence-corrected chi connectivity index (χ3v) is 8.75. The summed E-state index contributed by atoms with van der Waals surface area (Å²) in [6.45, 7) is 15.8. The lowest BCUT2D eigenvalue weighted by Crippen LogP contribution is -2.58. The number of hydrogen-bond donors (Lipinski definition) is 1. The summed E-state index contributed by atoms with van der Waals surface area (Å²) in [6, 6.07) is 0. The van der Waals surface area contributed by atoms with Gasteiger partial charge in [0.1, 0.15) is 23.4 Å². The van der Waals surface area contributed by atoms with Gasteiger partial charge in [0.2, 0.25) is 0 Å². The molecule has 0 aromatic heterocycles. The average Bonchev–Trinajstić information content (AvgIpc) is 3.77. The van der Waals surface area contributed by atoms with Crippen LogP contribution in [0.15, 0.2) is 11.6 Å². The summed E-state index contributed by atoms with van der Waals surface area (Å²) < 4.78 is 29.5. The second kappa shape index (κ2) is 12.1. The number of rotatable bonds is 12. The molecule has 216 valence electrons. The minimum absolute atomic E-state index is 0.0000968. The first-order valence-electron chi connectivity index (χ1n) is 14.2. The Kier molecular flexibility index (Phi) is 9.27. The van der Waals surface area contributed by atoms with E-state index >= 15 is 0 Å². The van der Waals surface area contributed by atoms with Crippen LogP contribution in [-0.2, 0) is 23.7 Å². The van der Waals surface area contributed by atoms with Gasteiger partial charge in [0.05, 0.1) is 25.2 Å². The highest BCUT2D eigenvalue weighted by Gasteiger charge is 2.72. The maximum atomic E-state index is 12.9. The Balaban J connectivity index is 1.22. The number of carbonyl (C=O) groups is 2. The molecule has 10 nitrogen and oxygen atoms in total. The van der Waals surface area contributed by atoms with Crippen molar-refractivity contribution in [2.45, 2.75) is 83.4 Å². The normalized spacial score (nSPS) is 34.0. The monoisotopic (exact) mass is 537 g/mol. The lowest BCUT2D eigenvalue weighted by Gasteiger charge is -2.44. The first-order valence-corrected chi connectivity index (χ1v) is 14.2. The highest BCUT2D eigenvalue weighted by Crippen LogP contribution is 2.59. The van der Waals surface area contributed by atoms with Gasteiger partial charge in [-0.1, -0.05) is 25.5 Å². The van der Waals surface area contributed by atoms with Crippen LogP contribution in [0, 0.1) is 11.8 Å². The van der Waals surface area contributed by atoms with E-state index in [1.165, 1.54) is 5.57 Å². The van der Waals surface area contributed by atoms with Crippen molar-refractivity contribution in [1.82, 2.24) is 15.1 Å². The number of likely N-dealkylation sites (tertiary alicyclic amines) is 1. The topological polar surface area (TPSA) is 105 Å². The molecule has 1 aliphatic carbocycles. The van der Waals surface area contributed by atoms with Crippen molar-refractivity contribution in [3.8, 4) is 0 Å². The van der Waals surface area contributed by atoms with Crippen LogP contribution in [0.5, 0.6) is 0 Å². The second-order valence-electron chi connectivity index (χ2n) is 11.6. The molecule has 1 N–H and O–H groups in total. The van der Waals surface area contributed by atoms with Crippen LogP contribution in [0.1, 0.15) is 53.9 Å². The molecule has 0 radical (unpaired) electrons. The van der Waals surface area contributed by atoms with E-state index in [0.29, 0.717) is 32.7 Å². The molecule has 3 saturated heterocycles. The zero-order chi connectivity index (χ0) is 27.5. The van der Waals surface area contributed by atoms with Gasteiger partial charge < -0.3 is 38.8 Å². The maximum Gasteiger partial charge on any atom is 0.410 e. The summed E-state index contributed by atoms with van der Waals surface area (Å²) in [5.41, 5.74) is 0.663. The molecule has 38 heavy (non-hydrogen) atoms. The van der Waals surface area contributed by atoms with Crippen molar-refractivity contribution in [3.05, 3.63) is 11.6 Å². The van der Waals surface area contributed by atoms with Crippen molar-refractivity contribution in [2.75, 3.05) is 59.6 Å². The lowest BCUT2D eigenvalue weighted by molar-refractivity contribution is -0.125. The molecule has 4 fully saturated rings. The highest BCUT2D eigenvalue weighted by atomic mass is 16.6. The van der Waals surface area contributed by atoms with Gasteiger partial charge in [0, 0.05) is 39.2 Å². The zero-order valence-corrected chi connectivity index (χ0v) is 24.0. The number of amides is 2. The quantitative estimate of drug-likeness (QED) is 0.299. The molecule has 4 aliphatic rings. The van der Waals surface area contributed by atoms with Gasteiger partial charge in [-0.3, -0.25) is 0 Å². The van der Waals surface area contributed by atoms with Gasteiger partial charge >= 0.3 is 12.2 Å². The van der Waals surface area contributed by atoms with Gasteiger partial charge in [0.25, 0.3) is 0 Å². The number of nitrogens with one attached hydrogen (secondary N) is 1. The van der Waals surface area contributed by atoms with Crippen LogP contribution >= 0.6 is 0 Å². The van der Waals surface area contributed by atoms with Crippen molar-refractivity contribution in [3.63, 3.8) is 0 Å². The molecule has 0 unspecified atom stereocenters. The molecule has 0 bridgehead atoms. The van der Waals surface area contributed by atoms with Crippen LogP contribution in [0.25, 0.3) is 0 Å². The number of allylic oxidation sites excluding steroid dienone is 1. The fourth-order valence-electron chi connectivity index (χ4n) is 6.20. The largest absolute Gasteiger partial charge is 0.449 e. The minimum atomic E-state index is -0.413. The number of carbonyl (C=O) groups excluding carboxylic acids is 2. The predicted molar refractivity (Wildman–Crippen MR) is 142 cm³/mol. The van der Waals surface area contributed by atoms with Crippen LogP contribution < -0.4 is 5.32 Å². The lowest BCUT2D eigenvalue weighted by atomic mass is 9.68. The standard InChI is InChI=1S/C28H47N3O7/c1-7-30(8-2)14-13-29-25(32)35-17-20-15-31(16-20)26(33)37-21-11-12-28(18-36-28)24(23(21)34-6)27(5)22(38-27)10-9-19(3)4/h9,20-24H,7-8,10-18H2,1-6H3,(H,29,32)/t21-,22-,23-,24-,27+,28+/m1/s1. The van der Waals surface area contributed by atoms with E-state index in [4.69, 9.17) is 23.7 Å².